The molecule has 2 atom stereocenters. The second-order valence-corrected chi connectivity index (χ2v) is 6.22. The smallest absolute Gasteiger partial charge is 0.352 e. The van der Waals surface area contributed by atoms with Gasteiger partial charge in [0.25, 0.3) is 5.91 Å². The van der Waals surface area contributed by atoms with Gasteiger partial charge >= 0.3 is 5.97 Å². The highest BCUT2D eigenvalue weighted by molar-refractivity contribution is 6.00. The van der Waals surface area contributed by atoms with E-state index < -0.39 is 29.4 Å². The van der Waals surface area contributed by atoms with Gasteiger partial charge in [0.1, 0.15) is 5.70 Å². The molecule has 0 aliphatic heterocycles. The minimum Gasteiger partial charge on any atom is -0.477 e. The minimum atomic E-state index is -2.72. The largest absolute Gasteiger partial charge is 0.477 e. The first-order valence-electron chi connectivity index (χ1n) is 8.51. The van der Waals surface area contributed by atoms with Crippen LogP contribution >= 0.6 is 0 Å². The van der Waals surface area contributed by atoms with Crippen LogP contribution in [0.5, 0.6) is 0 Å². The number of rotatable bonds is 5. The van der Waals surface area contributed by atoms with Crippen LogP contribution in [0.25, 0.3) is 5.57 Å². The summed E-state index contributed by atoms with van der Waals surface area (Å²) in [4.78, 5) is 23.7. The number of hydrogen-bond donors (Lipinski definition) is 2. The third-order valence-electron chi connectivity index (χ3n) is 4.28. The molecular formula is C22H17F2NO3. The van der Waals surface area contributed by atoms with E-state index in [0.717, 1.165) is 6.08 Å². The Morgan fingerprint density at radius 3 is 2.25 bits per heavy atom. The summed E-state index contributed by atoms with van der Waals surface area (Å²) in [6.07, 6.45) is 2.15. The maximum Gasteiger partial charge on any atom is 0.352 e. The third-order valence-corrected chi connectivity index (χ3v) is 4.28. The van der Waals surface area contributed by atoms with Gasteiger partial charge in [0.05, 0.1) is 0 Å². The molecule has 2 aromatic rings. The second-order valence-electron chi connectivity index (χ2n) is 6.22. The summed E-state index contributed by atoms with van der Waals surface area (Å²) in [5.74, 6) is -2.30. The lowest BCUT2D eigenvalue weighted by Crippen LogP contribution is -2.37. The zero-order valence-corrected chi connectivity index (χ0v) is 14.7. The Bertz CT molecular complexity index is 968. The molecule has 2 aromatic carbocycles. The van der Waals surface area contributed by atoms with Gasteiger partial charge < -0.3 is 10.4 Å². The molecule has 0 saturated heterocycles. The standard InChI is InChI=1S/C22H17F2NO3/c23-19-17(15-8-3-1-4-9-15)12-7-13-22(19,24)14-18(21(27)28)25-20(26)16-10-5-2-6-11-16/h1-14,19H,(H,25,26)(H,27,28)/b18-14-. The molecule has 0 aromatic heterocycles. The van der Waals surface area contributed by atoms with Crippen molar-refractivity contribution in [1.29, 1.82) is 0 Å². The molecule has 0 spiro atoms. The number of alkyl halides is 2. The first-order valence-corrected chi connectivity index (χ1v) is 8.51. The van der Waals surface area contributed by atoms with Crippen molar-refractivity contribution in [1.82, 2.24) is 5.32 Å². The van der Waals surface area contributed by atoms with E-state index in [-0.39, 0.29) is 11.1 Å². The summed E-state index contributed by atoms with van der Waals surface area (Å²) < 4.78 is 30.4. The first kappa shape index (κ1) is 19.2. The molecule has 4 nitrogen and oxygen atoms in total. The lowest BCUT2D eigenvalue weighted by molar-refractivity contribution is -0.133. The summed E-state index contributed by atoms with van der Waals surface area (Å²) >= 11 is 0. The molecule has 1 amide bonds. The predicted octanol–water partition coefficient (Wildman–Crippen LogP) is 4.08. The molecule has 28 heavy (non-hydrogen) atoms. The van der Waals surface area contributed by atoms with Crippen molar-refractivity contribution >= 4 is 17.4 Å². The lowest BCUT2D eigenvalue weighted by atomic mass is 9.85. The number of nitrogens with one attached hydrogen (secondary N) is 1. The zero-order chi connectivity index (χ0) is 20.1. The monoisotopic (exact) mass is 381 g/mol. The molecule has 1 aliphatic carbocycles. The second kappa shape index (κ2) is 8.00. The molecule has 142 valence electrons. The van der Waals surface area contributed by atoms with Crippen LogP contribution in [0.4, 0.5) is 8.78 Å². The molecule has 1 aliphatic rings. The molecule has 2 unspecified atom stereocenters. The van der Waals surface area contributed by atoms with Gasteiger partial charge in [-0.1, -0.05) is 60.7 Å². The van der Waals surface area contributed by atoms with E-state index in [0.29, 0.717) is 11.6 Å². The average Bonchev–Trinajstić information content (AvgIpc) is 2.71. The van der Waals surface area contributed by atoms with Gasteiger partial charge in [-0.15, -0.1) is 0 Å². The number of hydrogen-bond acceptors (Lipinski definition) is 2. The topological polar surface area (TPSA) is 66.4 Å². The highest BCUT2D eigenvalue weighted by atomic mass is 19.2. The number of carbonyl (C=O) groups is 2. The Balaban J connectivity index is 1.90. The summed E-state index contributed by atoms with van der Waals surface area (Å²) in [5.41, 5.74) is -2.69. The van der Waals surface area contributed by atoms with E-state index in [4.69, 9.17) is 0 Å². The van der Waals surface area contributed by atoms with Crippen LogP contribution in [0.15, 0.2) is 90.7 Å². The number of carboxylic acid groups (broad SMARTS) is 1. The van der Waals surface area contributed by atoms with E-state index in [2.05, 4.69) is 5.32 Å². The molecule has 0 bridgehead atoms. The fraction of sp³-hybridized carbons (Fsp3) is 0.0909. The molecule has 0 saturated carbocycles. The van der Waals surface area contributed by atoms with Crippen LogP contribution in [0, 0.1) is 0 Å². The van der Waals surface area contributed by atoms with Crippen molar-refractivity contribution in [2.45, 2.75) is 11.8 Å². The molecular weight excluding hydrogens is 364 g/mol. The van der Waals surface area contributed by atoms with Crippen molar-refractivity contribution < 1.29 is 23.5 Å². The van der Waals surface area contributed by atoms with E-state index in [1.807, 2.05) is 0 Å². The zero-order valence-electron chi connectivity index (χ0n) is 14.7. The number of allylic oxidation sites excluding steroid dienone is 5. The Morgan fingerprint density at radius 1 is 1.04 bits per heavy atom. The Labute approximate surface area is 160 Å². The van der Waals surface area contributed by atoms with Gasteiger partial charge in [-0.2, -0.15) is 0 Å². The van der Waals surface area contributed by atoms with Crippen LogP contribution < -0.4 is 5.32 Å². The van der Waals surface area contributed by atoms with E-state index >= 15 is 8.78 Å². The van der Waals surface area contributed by atoms with Crippen LogP contribution in [0.3, 0.4) is 0 Å². The maximum atomic E-state index is 15.4. The summed E-state index contributed by atoms with van der Waals surface area (Å²) in [7, 11) is 0. The van der Waals surface area contributed by atoms with E-state index in [1.54, 1.807) is 48.5 Å². The van der Waals surface area contributed by atoms with Gasteiger partial charge in [0, 0.05) is 5.56 Å². The van der Waals surface area contributed by atoms with Crippen LogP contribution in [0.1, 0.15) is 15.9 Å². The molecule has 0 heterocycles. The SMILES string of the molecule is O=C(O)/C(=C/C1(F)C=CC=C(c2ccccc2)C1F)NC(=O)c1ccccc1. The highest BCUT2D eigenvalue weighted by Crippen LogP contribution is 2.37. The number of carbonyl (C=O) groups excluding carboxylic acids is 1. The molecule has 3 rings (SSSR count). The average molecular weight is 381 g/mol. The quantitative estimate of drug-likeness (QED) is 0.767. The number of benzene rings is 2. The number of amides is 1. The van der Waals surface area contributed by atoms with Crippen molar-refractivity contribution in [2.24, 2.45) is 0 Å². The van der Waals surface area contributed by atoms with E-state index in [1.165, 1.54) is 24.3 Å². The van der Waals surface area contributed by atoms with Gasteiger partial charge in [0.15, 0.2) is 11.8 Å². The Morgan fingerprint density at radius 2 is 1.64 bits per heavy atom. The van der Waals surface area contributed by atoms with Crippen LogP contribution in [-0.2, 0) is 4.79 Å². The maximum absolute atomic E-state index is 15.4. The Kier molecular flexibility index (Phi) is 5.49. The summed E-state index contributed by atoms with van der Waals surface area (Å²) in [6.45, 7) is 0. The van der Waals surface area contributed by atoms with Crippen molar-refractivity contribution in [2.75, 3.05) is 0 Å². The summed E-state index contributed by atoms with van der Waals surface area (Å²) in [5, 5.41) is 11.5. The highest BCUT2D eigenvalue weighted by Gasteiger charge is 2.41. The van der Waals surface area contributed by atoms with Crippen molar-refractivity contribution in [3.05, 3.63) is 102 Å². The molecule has 0 fully saturated rings. The van der Waals surface area contributed by atoms with Crippen LogP contribution in [0.2, 0.25) is 0 Å². The summed E-state index contributed by atoms with van der Waals surface area (Å²) in [6, 6.07) is 16.3. The predicted molar refractivity (Wildman–Crippen MR) is 102 cm³/mol. The van der Waals surface area contributed by atoms with Crippen molar-refractivity contribution in [3.8, 4) is 0 Å². The van der Waals surface area contributed by atoms with Gasteiger partial charge in [-0.05, 0) is 35.4 Å². The molecule has 2 N–H and O–H groups in total. The van der Waals surface area contributed by atoms with Gasteiger partial charge in [-0.3, -0.25) is 4.79 Å². The minimum absolute atomic E-state index is 0.0842. The van der Waals surface area contributed by atoms with Crippen LogP contribution in [-0.4, -0.2) is 28.8 Å². The van der Waals surface area contributed by atoms with Gasteiger partial charge in [-0.25, -0.2) is 13.6 Å². The van der Waals surface area contributed by atoms with Crippen molar-refractivity contribution in [3.63, 3.8) is 0 Å². The molecule has 0 radical (unpaired) electrons. The normalized spacial score (nSPS) is 21.7. The van der Waals surface area contributed by atoms with E-state index in [9.17, 15) is 14.7 Å². The lowest BCUT2D eigenvalue weighted by Gasteiger charge is -2.28. The fourth-order valence-corrected chi connectivity index (χ4v) is 2.86. The Hall–Kier alpha value is -3.54. The fourth-order valence-electron chi connectivity index (χ4n) is 2.86. The number of carboxylic acids is 1. The molecule has 6 heteroatoms. The third kappa shape index (κ3) is 4.06. The first-order chi connectivity index (χ1) is 13.4. The number of halogens is 2. The van der Waals surface area contributed by atoms with Gasteiger partial charge in [0.2, 0.25) is 0 Å². The number of aliphatic carboxylic acids is 1.